The Labute approximate surface area is 118 Å². The Bertz CT molecular complexity index is 456. The number of nitrogens with zero attached hydrogens (tertiary/aromatic N) is 1. The smallest absolute Gasteiger partial charge is 0.287 e. The first-order valence-corrected chi connectivity index (χ1v) is 6.77. The van der Waals surface area contributed by atoms with E-state index in [0.717, 1.165) is 0 Å². The molecule has 110 valence electrons. The molecule has 0 spiro atoms. The maximum atomic E-state index is 11.7. The highest BCUT2D eigenvalue weighted by Crippen LogP contribution is 2.09. The Morgan fingerprint density at radius 3 is 3.00 bits per heavy atom. The van der Waals surface area contributed by atoms with Crippen molar-refractivity contribution in [1.29, 1.82) is 0 Å². The maximum Gasteiger partial charge on any atom is 0.287 e. The fourth-order valence-corrected chi connectivity index (χ4v) is 2.12. The van der Waals surface area contributed by atoms with E-state index in [4.69, 9.17) is 9.15 Å². The normalized spacial score (nSPS) is 19.4. The first-order valence-electron chi connectivity index (χ1n) is 6.77. The summed E-state index contributed by atoms with van der Waals surface area (Å²) >= 11 is 0. The van der Waals surface area contributed by atoms with E-state index in [1.54, 1.807) is 17.0 Å². The predicted molar refractivity (Wildman–Crippen MR) is 72.2 cm³/mol. The Kier molecular flexibility index (Phi) is 4.79. The van der Waals surface area contributed by atoms with Gasteiger partial charge in [-0.05, 0) is 18.1 Å². The predicted octanol–water partition coefficient (Wildman–Crippen LogP) is 0.893. The lowest BCUT2D eigenvalue weighted by Crippen LogP contribution is -2.51. The Morgan fingerprint density at radius 2 is 2.35 bits per heavy atom. The molecule has 1 N–H and O–H groups in total. The molecule has 6 nitrogen and oxygen atoms in total. The summed E-state index contributed by atoms with van der Waals surface area (Å²) in [5.41, 5.74) is 0. The molecule has 6 heteroatoms. The van der Waals surface area contributed by atoms with Crippen LogP contribution in [0.15, 0.2) is 22.8 Å². The largest absolute Gasteiger partial charge is 0.459 e. The van der Waals surface area contributed by atoms with Crippen LogP contribution in [0.25, 0.3) is 0 Å². The Morgan fingerprint density at radius 1 is 1.55 bits per heavy atom. The number of carbonyl (C=O) groups excluding carboxylic acids is 2. The van der Waals surface area contributed by atoms with Crippen LogP contribution in [0.4, 0.5) is 0 Å². The molecule has 1 aliphatic rings. The van der Waals surface area contributed by atoms with Gasteiger partial charge in [0.05, 0.1) is 12.4 Å². The highest BCUT2D eigenvalue weighted by atomic mass is 16.5. The number of furan rings is 1. The second-order valence-corrected chi connectivity index (χ2v) is 5.31. The van der Waals surface area contributed by atoms with E-state index in [0.29, 0.717) is 25.6 Å². The minimum absolute atomic E-state index is 0.00677. The van der Waals surface area contributed by atoms with Crippen molar-refractivity contribution >= 4 is 11.8 Å². The van der Waals surface area contributed by atoms with Crippen molar-refractivity contribution in [2.24, 2.45) is 5.92 Å². The average Bonchev–Trinajstić information content (AvgIpc) is 2.92. The molecule has 2 rings (SSSR count). The molecule has 1 atom stereocenters. The molecular formula is C14H20N2O4. The summed E-state index contributed by atoms with van der Waals surface area (Å²) in [7, 11) is 0. The van der Waals surface area contributed by atoms with Crippen LogP contribution in [-0.2, 0) is 9.53 Å². The zero-order chi connectivity index (χ0) is 14.5. The van der Waals surface area contributed by atoms with Crippen LogP contribution in [-0.4, -0.2) is 49.1 Å². The van der Waals surface area contributed by atoms with E-state index < -0.39 is 0 Å². The molecule has 1 saturated heterocycles. The van der Waals surface area contributed by atoms with Crippen LogP contribution in [0, 0.1) is 5.92 Å². The van der Waals surface area contributed by atoms with E-state index in [-0.39, 0.29) is 30.3 Å². The summed E-state index contributed by atoms with van der Waals surface area (Å²) in [6, 6.07) is 3.26. The molecule has 1 fully saturated rings. The molecule has 1 aromatic rings. The van der Waals surface area contributed by atoms with Gasteiger partial charge in [-0.3, -0.25) is 9.59 Å². The van der Waals surface area contributed by atoms with Crippen molar-refractivity contribution in [3.05, 3.63) is 24.2 Å². The number of amides is 2. The molecule has 1 unspecified atom stereocenters. The first-order chi connectivity index (χ1) is 9.56. The third-order valence-corrected chi connectivity index (χ3v) is 3.04. The van der Waals surface area contributed by atoms with Crippen LogP contribution in [0.5, 0.6) is 0 Å². The van der Waals surface area contributed by atoms with E-state index in [1.165, 1.54) is 6.26 Å². The van der Waals surface area contributed by atoms with Gasteiger partial charge < -0.3 is 19.4 Å². The molecule has 1 aliphatic heterocycles. The second-order valence-electron chi connectivity index (χ2n) is 5.31. The van der Waals surface area contributed by atoms with Gasteiger partial charge in [-0.1, -0.05) is 13.8 Å². The van der Waals surface area contributed by atoms with Crippen LogP contribution in [0.3, 0.4) is 0 Å². The summed E-state index contributed by atoms with van der Waals surface area (Å²) in [5, 5.41) is 2.75. The van der Waals surface area contributed by atoms with Crippen LogP contribution in [0.1, 0.15) is 24.4 Å². The van der Waals surface area contributed by atoms with Crippen molar-refractivity contribution in [3.8, 4) is 0 Å². The van der Waals surface area contributed by atoms with Gasteiger partial charge in [0, 0.05) is 19.6 Å². The number of rotatable bonds is 5. The summed E-state index contributed by atoms with van der Waals surface area (Å²) in [4.78, 5) is 25.2. The monoisotopic (exact) mass is 280 g/mol. The van der Waals surface area contributed by atoms with Crippen molar-refractivity contribution in [1.82, 2.24) is 10.2 Å². The van der Waals surface area contributed by atoms with E-state index >= 15 is 0 Å². The Hall–Kier alpha value is -1.82. The number of ether oxygens (including phenoxy) is 1. The van der Waals surface area contributed by atoms with Crippen LogP contribution in [0.2, 0.25) is 0 Å². The summed E-state index contributed by atoms with van der Waals surface area (Å²) in [6.45, 7) is 5.79. The zero-order valence-electron chi connectivity index (χ0n) is 11.8. The highest BCUT2D eigenvalue weighted by Gasteiger charge is 2.27. The molecule has 0 radical (unpaired) electrons. The third-order valence-electron chi connectivity index (χ3n) is 3.04. The van der Waals surface area contributed by atoms with E-state index in [1.807, 2.05) is 0 Å². The fraction of sp³-hybridized carbons (Fsp3) is 0.571. The van der Waals surface area contributed by atoms with Gasteiger partial charge in [0.2, 0.25) is 5.91 Å². The number of hydrogen-bond donors (Lipinski definition) is 1. The van der Waals surface area contributed by atoms with Crippen molar-refractivity contribution < 1.29 is 18.7 Å². The van der Waals surface area contributed by atoms with Gasteiger partial charge in [0.15, 0.2) is 5.76 Å². The van der Waals surface area contributed by atoms with Crippen molar-refractivity contribution in [3.63, 3.8) is 0 Å². The lowest BCUT2D eigenvalue weighted by molar-refractivity contribution is -0.149. The summed E-state index contributed by atoms with van der Waals surface area (Å²) < 4.78 is 10.4. The van der Waals surface area contributed by atoms with Gasteiger partial charge in [0.1, 0.15) is 6.61 Å². The minimum Gasteiger partial charge on any atom is -0.459 e. The number of morpholine rings is 1. The molecule has 20 heavy (non-hydrogen) atoms. The standard InChI is InChI=1S/C14H20N2O4/c1-10(2)7-16-8-11(20-9-13(16)17)6-15-14(18)12-4-3-5-19-12/h3-5,10-11H,6-9H2,1-2H3,(H,15,18). The molecule has 1 aromatic heterocycles. The lowest BCUT2D eigenvalue weighted by Gasteiger charge is -2.33. The molecule has 2 heterocycles. The SMILES string of the molecule is CC(C)CN1CC(CNC(=O)c2ccco2)OCC1=O. The van der Waals surface area contributed by atoms with Crippen LogP contribution >= 0.6 is 0 Å². The number of nitrogens with one attached hydrogen (secondary N) is 1. The first kappa shape index (κ1) is 14.6. The lowest BCUT2D eigenvalue weighted by atomic mass is 10.1. The van der Waals surface area contributed by atoms with Gasteiger partial charge >= 0.3 is 0 Å². The minimum atomic E-state index is -0.272. The third kappa shape index (κ3) is 3.84. The molecule has 0 aliphatic carbocycles. The summed E-state index contributed by atoms with van der Waals surface area (Å²) in [6.07, 6.45) is 1.28. The van der Waals surface area contributed by atoms with Crippen LogP contribution < -0.4 is 5.32 Å². The maximum absolute atomic E-state index is 11.7. The van der Waals surface area contributed by atoms with Gasteiger partial charge in [-0.25, -0.2) is 0 Å². The molecule has 0 saturated carbocycles. The molecule has 2 amide bonds. The molecular weight excluding hydrogens is 260 g/mol. The van der Waals surface area contributed by atoms with Gasteiger partial charge in [-0.15, -0.1) is 0 Å². The quantitative estimate of drug-likeness (QED) is 0.869. The van der Waals surface area contributed by atoms with Crippen molar-refractivity contribution in [2.75, 3.05) is 26.2 Å². The average molecular weight is 280 g/mol. The topological polar surface area (TPSA) is 71.8 Å². The second kappa shape index (κ2) is 6.56. The number of carbonyl (C=O) groups is 2. The van der Waals surface area contributed by atoms with Crippen molar-refractivity contribution in [2.45, 2.75) is 20.0 Å². The Balaban J connectivity index is 1.81. The fourth-order valence-electron chi connectivity index (χ4n) is 2.12. The summed E-state index contributed by atoms with van der Waals surface area (Å²) in [5.74, 6) is 0.421. The highest BCUT2D eigenvalue weighted by molar-refractivity contribution is 5.91. The van der Waals surface area contributed by atoms with Gasteiger partial charge in [-0.2, -0.15) is 0 Å². The van der Waals surface area contributed by atoms with Gasteiger partial charge in [0.25, 0.3) is 5.91 Å². The van der Waals surface area contributed by atoms with E-state index in [9.17, 15) is 9.59 Å². The molecule has 0 bridgehead atoms. The zero-order valence-corrected chi connectivity index (χ0v) is 11.8. The molecule has 0 aromatic carbocycles. The van der Waals surface area contributed by atoms with E-state index in [2.05, 4.69) is 19.2 Å². The number of hydrogen-bond acceptors (Lipinski definition) is 4.